The zero-order chi connectivity index (χ0) is 13.0. The first-order valence-electron chi connectivity index (χ1n) is 5.30. The first-order valence-corrected chi connectivity index (χ1v) is 5.68. The largest absolute Gasteiger partial charge is 0.372 e. The van der Waals surface area contributed by atoms with Crippen LogP contribution >= 0.6 is 11.6 Å². The Hall–Kier alpha value is -1.13. The Balaban J connectivity index is 3.05. The van der Waals surface area contributed by atoms with Gasteiger partial charge in [-0.1, -0.05) is 11.6 Å². The lowest BCUT2D eigenvalue weighted by atomic mass is 10.2. The van der Waals surface area contributed by atoms with E-state index in [4.69, 9.17) is 16.3 Å². The second kappa shape index (κ2) is 5.98. The van der Waals surface area contributed by atoms with E-state index in [0.717, 1.165) is 0 Å². The van der Waals surface area contributed by atoms with Gasteiger partial charge in [0.15, 0.2) is 0 Å². The molecule has 5 heteroatoms. The van der Waals surface area contributed by atoms with E-state index >= 15 is 0 Å². The summed E-state index contributed by atoms with van der Waals surface area (Å²) in [6.07, 6.45) is -0.606. The lowest BCUT2D eigenvalue weighted by Gasteiger charge is -2.24. The van der Waals surface area contributed by atoms with Crippen molar-refractivity contribution in [3.63, 3.8) is 0 Å². The maximum absolute atomic E-state index is 13.7. The molecule has 1 aromatic carbocycles. The molecule has 3 nitrogen and oxygen atoms in total. The second-order valence-electron chi connectivity index (χ2n) is 3.56. The van der Waals surface area contributed by atoms with Gasteiger partial charge in [-0.05, 0) is 32.0 Å². The summed E-state index contributed by atoms with van der Waals surface area (Å²) in [5, 5.41) is 0.301. The summed E-state index contributed by atoms with van der Waals surface area (Å²) in [4.78, 5) is 13.3. The van der Waals surface area contributed by atoms with Crippen LogP contribution in [0.15, 0.2) is 18.2 Å². The number of hydrogen-bond acceptors (Lipinski definition) is 2. The van der Waals surface area contributed by atoms with Gasteiger partial charge in [-0.3, -0.25) is 4.79 Å². The monoisotopic (exact) mass is 259 g/mol. The van der Waals surface area contributed by atoms with Gasteiger partial charge in [-0.2, -0.15) is 0 Å². The van der Waals surface area contributed by atoms with Gasteiger partial charge in [0.25, 0.3) is 5.91 Å². The van der Waals surface area contributed by atoms with Gasteiger partial charge < -0.3 is 9.64 Å². The van der Waals surface area contributed by atoms with E-state index in [2.05, 4.69) is 0 Å². The van der Waals surface area contributed by atoms with E-state index < -0.39 is 11.9 Å². The molecular formula is C12H15ClFNO2. The zero-order valence-corrected chi connectivity index (χ0v) is 10.8. The molecule has 0 unspecified atom stereocenters. The van der Waals surface area contributed by atoms with E-state index in [0.29, 0.717) is 11.6 Å². The van der Waals surface area contributed by atoms with Crippen LogP contribution in [0.1, 0.15) is 13.8 Å². The normalized spacial score (nSPS) is 12.3. The van der Waals surface area contributed by atoms with Crippen LogP contribution in [-0.4, -0.2) is 25.7 Å². The van der Waals surface area contributed by atoms with Crippen LogP contribution in [0.25, 0.3) is 0 Å². The van der Waals surface area contributed by atoms with Crippen molar-refractivity contribution >= 4 is 23.2 Å². The van der Waals surface area contributed by atoms with Gasteiger partial charge >= 0.3 is 0 Å². The Bertz CT molecular complexity index is 411. The van der Waals surface area contributed by atoms with Crippen molar-refractivity contribution in [3.05, 3.63) is 29.0 Å². The van der Waals surface area contributed by atoms with Gasteiger partial charge in [0.1, 0.15) is 11.9 Å². The Kier molecular flexibility index (Phi) is 4.90. The summed E-state index contributed by atoms with van der Waals surface area (Å²) < 4.78 is 18.6. The van der Waals surface area contributed by atoms with Gasteiger partial charge in [-0.15, -0.1) is 0 Å². The first kappa shape index (κ1) is 13.9. The van der Waals surface area contributed by atoms with Crippen molar-refractivity contribution in [2.45, 2.75) is 20.0 Å². The molecule has 1 amide bonds. The highest BCUT2D eigenvalue weighted by Crippen LogP contribution is 2.23. The SMILES string of the molecule is CCN(C(=O)[C@@H](C)OC)c1ccc(Cl)cc1F. The molecule has 0 heterocycles. The van der Waals surface area contributed by atoms with E-state index in [-0.39, 0.29) is 11.6 Å². The van der Waals surface area contributed by atoms with Crippen LogP contribution < -0.4 is 4.90 Å². The number of carbonyl (C=O) groups excluding carboxylic acids is 1. The van der Waals surface area contributed by atoms with Crippen LogP contribution in [0.4, 0.5) is 10.1 Å². The third-order valence-corrected chi connectivity index (χ3v) is 2.72. The zero-order valence-electron chi connectivity index (χ0n) is 10.0. The van der Waals surface area contributed by atoms with Crippen molar-refractivity contribution in [1.82, 2.24) is 0 Å². The third-order valence-electron chi connectivity index (χ3n) is 2.48. The third kappa shape index (κ3) is 3.17. The van der Waals surface area contributed by atoms with Crippen molar-refractivity contribution in [1.29, 1.82) is 0 Å². The Morgan fingerprint density at radius 2 is 2.24 bits per heavy atom. The fourth-order valence-electron chi connectivity index (χ4n) is 1.47. The van der Waals surface area contributed by atoms with Crippen LogP contribution in [0.5, 0.6) is 0 Å². The molecule has 0 fully saturated rings. The van der Waals surface area contributed by atoms with Crippen molar-refractivity contribution < 1.29 is 13.9 Å². The summed E-state index contributed by atoms with van der Waals surface area (Å²) in [6, 6.07) is 4.22. The predicted octanol–water partition coefficient (Wildman–Crippen LogP) is 2.87. The quantitative estimate of drug-likeness (QED) is 0.832. The molecule has 17 heavy (non-hydrogen) atoms. The highest BCUT2D eigenvalue weighted by atomic mass is 35.5. The van der Waals surface area contributed by atoms with E-state index in [1.165, 1.54) is 24.1 Å². The van der Waals surface area contributed by atoms with Gasteiger partial charge in [0.2, 0.25) is 0 Å². The Morgan fingerprint density at radius 1 is 1.59 bits per heavy atom. The maximum atomic E-state index is 13.7. The van der Waals surface area contributed by atoms with Crippen LogP contribution in [0.3, 0.4) is 0 Å². The minimum absolute atomic E-state index is 0.214. The molecule has 0 aliphatic heterocycles. The minimum atomic E-state index is -0.606. The number of ether oxygens (including phenoxy) is 1. The van der Waals surface area contributed by atoms with E-state index in [1.807, 2.05) is 0 Å². The van der Waals surface area contributed by atoms with Gasteiger partial charge in [0, 0.05) is 18.7 Å². The maximum Gasteiger partial charge on any atom is 0.255 e. The molecule has 0 saturated carbocycles. The van der Waals surface area contributed by atoms with Crippen LogP contribution in [-0.2, 0) is 9.53 Å². The molecule has 0 bridgehead atoms. The predicted molar refractivity (Wildman–Crippen MR) is 65.9 cm³/mol. The molecule has 94 valence electrons. The number of rotatable bonds is 4. The Morgan fingerprint density at radius 3 is 2.71 bits per heavy atom. The highest BCUT2D eigenvalue weighted by molar-refractivity contribution is 6.30. The standard InChI is InChI=1S/C12H15ClFNO2/c1-4-15(12(16)8(2)17-3)11-6-5-9(13)7-10(11)14/h5-8H,4H2,1-3H3/t8-/m1/s1. The summed E-state index contributed by atoms with van der Waals surface area (Å²) in [6.45, 7) is 3.76. The molecular weight excluding hydrogens is 245 g/mol. The molecule has 0 radical (unpaired) electrons. The lowest BCUT2D eigenvalue weighted by molar-refractivity contribution is -0.127. The minimum Gasteiger partial charge on any atom is -0.372 e. The number of benzene rings is 1. The summed E-state index contributed by atoms with van der Waals surface area (Å²) in [5.41, 5.74) is 0.214. The summed E-state index contributed by atoms with van der Waals surface area (Å²) in [7, 11) is 1.44. The number of nitrogens with zero attached hydrogens (tertiary/aromatic N) is 1. The molecule has 1 atom stereocenters. The number of hydrogen-bond donors (Lipinski definition) is 0. The van der Waals surface area contributed by atoms with Crippen LogP contribution in [0, 0.1) is 5.82 Å². The molecule has 1 rings (SSSR count). The molecule has 0 aliphatic rings. The molecule has 0 aliphatic carbocycles. The second-order valence-corrected chi connectivity index (χ2v) is 3.99. The van der Waals surface area contributed by atoms with Crippen molar-refractivity contribution in [3.8, 4) is 0 Å². The number of methoxy groups -OCH3 is 1. The molecule has 1 aromatic rings. The average molecular weight is 260 g/mol. The van der Waals surface area contributed by atoms with Gasteiger partial charge in [0.05, 0.1) is 5.69 Å². The van der Waals surface area contributed by atoms with E-state index in [9.17, 15) is 9.18 Å². The number of amides is 1. The molecule has 0 spiro atoms. The topological polar surface area (TPSA) is 29.5 Å². The number of carbonyl (C=O) groups is 1. The molecule has 0 N–H and O–H groups in total. The van der Waals surface area contributed by atoms with Crippen LogP contribution in [0.2, 0.25) is 5.02 Å². The Labute approximate surface area is 105 Å². The first-order chi connectivity index (χ1) is 8.01. The number of anilines is 1. The fraction of sp³-hybridized carbons (Fsp3) is 0.417. The molecule has 0 aromatic heterocycles. The smallest absolute Gasteiger partial charge is 0.255 e. The average Bonchev–Trinajstić information content (AvgIpc) is 2.31. The lowest BCUT2D eigenvalue weighted by Crippen LogP contribution is -2.39. The summed E-state index contributed by atoms with van der Waals surface area (Å²) in [5.74, 6) is -0.799. The van der Waals surface area contributed by atoms with Crippen molar-refractivity contribution in [2.75, 3.05) is 18.6 Å². The number of halogens is 2. The van der Waals surface area contributed by atoms with Gasteiger partial charge in [-0.25, -0.2) is 4.39 Å². The van der Waals surface area contributed by atoms with E-state index in [1.54, 1.807) is 19.9 Å². The molecule has 0 saturated heterocycles. The van der Waals surface area contributed by atoms with Crippen molar-refractivity contribution in [2.24, 2.45) is 0 Å². The highest BCUT2D eigenvalue weighted by Gasteiger charge is 2.22. The number of likely N-dealkylation sites (N-methyl/N-ethyl adjacent to an activating group) is 1. The summed E-state index contributed by atoms with van der Waals surface area (Å²) >= 11 is 5.67. The fourth-order valence-corrected chi connectivity index (χ4v) is 1.62.